The fraction of sp³-hybridized carbons (Fsp3) is 0.150. The second-order valence-corrected chi connectivity index (χ2v) is 7.23. The van der Waals surface area contributed by atoms with Crippen molar-refractivity contribution in [2.45, 2.75) is 24.3 Å². The van der Waals surface area contributed by atoms with E-state index in [2.05, 4.69) is 20.5 Å². The minimum atomic E-state index is -0.478. The van der Waals surface area contributed by atoms with Gasteiger partial charge in [0.05, 0.1) is 10.9 Å². The first-order chi connectivity index (χ1) is 13.0. The number of aromatic nitrogens is 3. The highest BCUT2D eigenvalue weighted by Gasteiger charge is 2.18. The molecular formula is C20H19FN4OS. The third kappa shape index (κ3) is 5.04. The van der Waals surface area contributed by atoms with Crippen LogP contribution in [-0.2, 0) is 4.79 Å². The molecule has 0 fully saturated rings. The number of halogens is 1. The van der Waals surface area contributed by atoms with Crippen molar-refractivity contribution in [2.75, 3.05) is 5.32 Å². The van der Waals surface area contributed by atoms with E-state index in [1.54, 1.807) is 19.1 Å². The summed E-state index contributed by atoms with van der Waals surface area (Å²) < 4.78 is 13.6. The van der Waals surface area contributed by atoms with Crippen LogP contribution in [0.4, 0.5) is 10.1 Å². The predicted octanol–water partition coefficient (Wildman–Crippen LogP) is 4.54. The van der Waals surface area contributed by atoms with Crippen molar-refractivity contribution in [1.29, 1.82) is 0 Å². The quantitative estimate of drug-likeness (QED) is 0.614. The molecule has 3 rings (SSSR count). The van der Waals surface area contributed by atoms with E-state index >= 15 is 0 Å². The molecule has 138 valence electrons. The molecule has 1 atom stereocenters. The van der Waals surface area contributed by atoms with Crippen molar-refractivity contribution in [2.24, 2.45) is 0 Å². The molecule has 7 heteroatoms. The normalized spacial score (nSPS) is 12.3. The molecule has 3 aromatic rings. The molecule has 27 heavy (non-hydrogen) atoms. The lowest BCUT2D eigenvalue weighted by molar-refractivity contribution is -0.115. The monoisotopic (exact) mass is 382 g/mol. The van der Waals surface area contributed by atoms with Gasteiger partial charge in [0, 0.05) is 0 Å². The number of carbonyl (C=O) groups is 1. The Morgan fingerprint density at radius 1 is 1.19 bits per heavy atom. The Hall–Kier alpha value is -2.93. The van der Waals surface area contributed by atoms with Gasteiger partial charge in [-0.1, -0.05) is 54.2 Å². The van der Waals surface area contributed by atoms with Gasteiger partial charge in [-0.25, -0.2) is 9.37 Å². The summed E-state index contributed by atoms with van der Waals surface area (Å²) in [5.74, 6) is -0.182. The third-order valence-corrected chi connectivity index (χ3v) is 4.84. The first-order valence-corrected chi connectivity index (χ1v) is 9.29. The summed E-state index contributed by atoms with van der Waals surface area (Å²) in [5, 5.41) is 9.51. The molecule has 1 unspecified atom stereocenters. The van der Waals surface area contributed by atoms with Gasteiger partial charge in [-0.2, -0.15) is 0 Å². The molecule has 2 N–H and O–H groups in total. The molecule has 0 radical (unpaired) electrons. The number of H-pyrrole nitrogens is 1. The molecular weight excluding hydrogens is 363 g/mol. The number of rotatable bonds is 6. The predicted molar refractivity (Wildman–Crippen MR) is 107 cm³/mol. The summed E-state index contributed by atoms with van der Waals surface area (Å²) >= 11 is 1.20. The zero-order valence-electron chi connectivity index (χ0n) is 14.9. The van der Waals surface area contributed by atoms with Gasteiger partial charge in [-0.3, -0.25) is 9.89 Å². The molecule has 5 nitrogen and oxygen atoms in total. The van der Waals surface area contributed by atoms with Gasteiger partial charge in [0.1, 0.15) is 11.6 Å². The number of aromatic amines is 1. The minimum absolute atomic E-state index is 0.159. The maximum Gasteiger partial charge on any atom is 0.237 e. The van der Waals surface area contributed by atoms with Crippen LogP contribution in [0.2, 0.25) is 0 Å². The number of amides is 1. The Morgan fingerprint density at radius 3 is 2.70 bits per heavy atom. The van der Waals surface area contributed by atoms with Crippen molar-refractivity contribution in [3.63, 3.8) is 0 Å². The van der Waals surface area contributed by atoms with Gasteiger partial charge < -0.3 is 5.32 Å². The van der Waals surface area contributed by atoms with Crippen LogP contribution in [0.3, 0.4) is 0 Å². The minimum Gasteiger partial charge on any atom is -0.323 e. The number of para-hydroxylation sites is 1. The fourth-order valence-corrected chi connectivity index (χ4v) is 3.07. The number of benzene rings is 2. The third-order valence-electron chi connectivity index (χ3n) is 3.87. The number of thioether (sulfide) groups is 1. The van der Waals surface area contributed by atoms with Crippen molar-refractivity contribution in [3.05, 3.63) is 71.3 Å². The van der Waals surface area contributed by atoms with E-state index in [1.165, 1.54) is 29.5 Å². The molecule has 1 amide bonds. The summed E-state index contributed by atoms with van der Waals surface area (Å²) in [6, 6.07) is 14.1. The van der Waals surface area contributed by atoms with Crippen LogP contribution >= 0.6 is 11.8 Å². The highest BCUT2D eigenvalue weighted by atomic mass is 32.2. The van der Waals surface area contributed by atoms with Gasteiger partial charge >= 0.3 is 0 Å². The van der Waals surface area contributed by atoms with Crippen LogP contribution < -0.4 is 5.32 Å². The van der Waals surface area contributed by atoms with E-state index in [-0.39, 0.29) is 11.6 Å². The van der Waals surface area contributed by atoms with Gasteiger partial charge in [0.25, 0.3) is 0 Å². The number of nitrogens with one attached hydrogen (secondary N) is 2. The molecule has 0 aliphatic rings. The highest BCUT2D eigenvalue weighted by Crippen LogP contribution is 2.22. The lowest BCUT2D eigenvalue weighted by Gasteiger charge is -2.10. The van der Waals surface area contributed by atoms with Gasteiger partial charge in [0.2, 0.25) is 11.1 Å². The van der Waals surface area contributed by atoms with Gasteiger partial charge in [-0.15, -0.1) is 5.10 Å². The summed E-state index contributed by atoms with van der Waals surface area (Å²) in [4.78, 5) is 16.6. The molecule has 0 spiro atoms. The molecule has 0 aliphatic carbocycles. The zero-order valence-corrected chi connectivity index (χ0v) is 15.8. The average Bonchev–Trinajstić information content (AvgIpc) is 3.10. The number of nitrogens with zero attached hydrogens (tertiary/aromatic N) is 2. The lowest BCUT2D eigenvalue weighted by Crippen LogP contribution is -2.23. The number of carbonyl (C=O) groups excluding carboxylic acids is 1. The Labute approximate surface area is 161 Å². The van der Waals surface area contributed by atoms with E-state index in [4.69, 9.17) is 0 Å². The van der Waals surface area contributed by atoms with Crippen molar-refractivity contribution < 1.29 is 9.18 Å². The van der Waals surface area contributed by atoms with Crippen LogP contribution in [0.1, 0.15) is 23.9 Å². The first kappa shape index (κ1) is 18.8. The Bertz CT molecular complexity index is 970. The van der Waals surface area contributed by atoms with Crippen molar-refractivity contribution in [3.8, 4) is 0 Å². The van der Waals surface area contributed by atoms with Crippen LogP contribution in [0.5, 0.6) is 0 Å². The zero-order chi connectivity index (χ0) is 19.2. The molecule has 0 saturated heterocycles. The average molecular weight is 382 g/mol. The van der Waals surface area contributed by atoms with Crippen LogP contribution in [0.15, 0.2) is 53.7 Å². The largest absolute Gasteiger partial charge is 0.323 e. The lowest BCUT2D eigenvalue weighted by atomic mass is 10.1. The van der Waals surface area contributed by atoms with Crippen LogP contribution in [-0.4, -0.2) is 26.3 Å². The molecule has 1 heterocycles. The molecule has 0 saturated carbocycles. The summed E-state index contributed by atoms with van der Waals surface area (Å²) in [5.41, 5.74) is 2.42. The highest BCUT2D eigenvalue weighted by molar-refractivity contribution is 8.00. The fourth-order valence-electron chi connectivity index (χ4n) is 2.34. The van der Waals surface area contributed by atoms with E-state index in [1.807, 2.05) is 43.3 Å². The smallest absolute Gasteiger partial charge is 0.237 e. The molecule has 0 aliphatic heterocycles. The van der Waals surface area contributed by atoms with Gasteiger partial charge in [0.15, 0.2) is 0 Å². The second kappa shape index (κ2) is 8.64. The first-order valence-electron chi connectivity index (χ1n) is 8.41. The SMILES string of the molecule is Cc1ccccc1C=Cc1nc(SC(C)C(=O)Nc2ccccc2F)n[nH]1. The maximum absolute atomic E-state index is 13.6. The second-order valence-electron chi connectivity index (χ2n) is 5.92. The maximum atomic E-state index is 13.6. The van der Waals surface area contributed by atoms with Crippen LogP contribution in [0, 0.1) is 12.7 Å². The summed E-state index contributed by atoms with van der Waals surface area (Å²) in [6.45, 7) is 3.76. The number of anilines is 1. The van der Waals surface area contributed by atoms with Gasteiger partial charge in [-0.05, 0) is 43.2 Å². The van der Waals surface area contributed by atoms with E-state index in [0.717, 1.165) is 5.56 Å². The van der Waals surface area contributed by atoms with E-state index in [0.29, 0.717) is 11.0 Å². The Balaban J connectivity index is 1.61. The molecule has 0 bridgehead atoms. The standard InChI is InChI=1S/C20H19FN4OS/c1-13-7-3-4-8-15(13)11-12-18-23-20(25-24-18)27-14(2)19(26)22-17-10-6-5-9-16(17)21/h3-12,14H,1-2H3,(H,22,26)(H,23,24,25). The molecule has 1 aromatic heterocycles. The van der Waals surface area contributed by atoms with E-state index in [9.17, 15) is 9.18 Å². The topological polar surface area (TPSA) is 70.7 Å². The Kier molecular flexibility index (Phi) is 6.03. The number of hydrogen-bond acceptors (Lipinski definition) is 4. The molecule has 2 aromatic carbocycles. The van der Waals surface area contributed by atoms with Crippen molar-refractivity contribution in [1.82, 2.24) is 15.2 Å². The Morgan fingerprint density at radius 2 is 1.93 bits per heavy atom. The number of aryl methyl sites for hydroxylation is 1. The summed E-state index contributed by atoms with van der Waals surface area (Å²) in [7, 11) is 0. The van der Waals surface area contributed by atoms with E-state index < -0.39 is 11.1 Å². The summed E-state index contributed by atoms with van der Waals surface area (Å²) in [6.07, 6.45) is 3.79. The number of hydrogen-bond donors (Lipinski definition) is 2. The van der Waals surface area contributed by atoms with Crippen LogP contribution in [0.25, 0.3) is 12.2 Å². The van der Waals surface area contributed by atoms with Crippen molar-refractivity contribution >= 4 is 35.5 Å².